The molecule has 0 aliphatic heterocycles. The van der Waals surface area contributed by atoms with Gasteiger partial charge in [0, 0.05) is 22.8 Å². The Hall–Kier alpha value is -3.19. The van der Waals surface area contributed by atoms with Gasteiger partial charge in [-0.15, -0.1) is 0 Å². The minimum Gasteiger partial charge on any atom is -0.497 e. The van der Waals surface area contributed by atoms with Gasteiger partial charge in [-0.05, 0) is 54.6 Å². The molecule has 2 heterocycles. The first-order valence-electron chi connectivity index (χ1n) is 9.18. The molecule has 0 aliphatic carbocycles. The second kappa shape index (κ2) is 8.05. The van der Waals surface area contributed by atoms with Gasteiger partial charge in [0.1, 0.15) is 11.6 Å². The van der Waals surface area contributed by atoms with E-state index >= 15 is 0 Å². The number of halogens is 1. The van der Waals surface area contributed by atoms with Crippen LogP contribution in [0, 0.1) is 0 Å². The van der Waals surface area contributed by atoms with Crippen LogP contribution in [0.4, 0.5) is 0 Å². The molecule has 0 saturated heterocycles. The van der Waals surface area contributed by atoms with Gasteiger partial charge in [-0.1, -0.05) is 22.9 Å². The van der Waals surface area contributed by atoms with E-state index in [9.17, 15) is 4.79 Å². The molecule has 0 radical (unpaired) electrons. The first-order valence-corrected chi connectivity index (χ1v) is 9.97. The smallest absolute Gasteiger partial charge is 0.282 e. The predicted molar refractivity (Wildman–Crippen MR) is 118 cm³/mol. The third-order valence-corrected chi connectivity index (χ3v) is 5.12. The zero-order chi connectivity index (χ0) is 20.4. The largest absolute Gasteiger partial charge is 0.497 e. The van der Waals surface area contributed by atoms with Crippen LogP contribution < -0.4 is 10.3 Å². The Morgan fingerprint density at radius 2 is 1.97 bits per heavy atom. The molecule has 4 aromatic rings. The number of nitrogens with zero attached hydrogens (tertiary/aromatic N) is 4. The number of fused-ring (bicyclic) bond motifs is 1. The SMILES string of the molecule is CCc1nc2ccc(Br)cc2c(=O)n1N=Cc1cccn1-c1ccc(OC)cc1. The van der Waals surface area contributed by atoms with Gasteiger partial charge in [0.2, 0.25) is 0 Å². The van der Waals surface area contributed by atoms with E-state index in [4.69, 9.17) is 4.74 Å². The van der Waals surface area contributed by atoms with Crippen LogP contribution in [0.25, 0.3) is 16.6 Å². The lowest BCUT2D eigenvalue weighted by atomic mass is 10.2. The Balaban J connectivity index is 1.77. The van der Waals surface area contributed by atoms with Crippen molar-refractivity contribution in [1.82, 2.24) is 14.2 Å². The molecule has 0 spiro atoms. The summed E-state index contributed by atoms with van der Waals surface area (Å²) in [6.07, 6.45) is 4.22. The second-order valence-corrected chi connectivity index (χ2v) is 7.32. The monoisotopic (exact) mass is 450 g/mol. The number of aryl methyl sites for hydroxylation is 1. The van der Waals surface area contributed by atoms with Gasteiger partial charge < -0.3 is 9.30 Å². The van der Waals surface area contributed by atoms with Gasteiger partial charge in [-0.2, -0.15) is 9.78 Å². The number of benzene rings is 2. The van der Waals surface area contributed by atoms with Crippen molar-refractivity contribution in [3.8, 4) is 11.4 Å². The van der Waals surface area contributed by atoms with Crippen LogP contribution in [0.5, 0.6) is 5.75 Å². The maximum atomic E-state index is 13.0. The highest BCUT2D eigenvalue weighted by atomic mass is 79.9. The van der Waals surface area contributed by atoms with Crippen LogP contribution in [-0.4, -0.2) is 27.6 Å². The van der Waals surface area contributed by atoms with Crippen LogP contribution in [0.15, 0.2) is 75.2 Å². The molecule has 0 N–H and O–H groups in total. The molecule has 0 unspecified atom stereocenters. The third-order valence-electron chi connectivity index (χ3n) is 4.63. The van der Waals surface area contributed by atoms with Crippen molar-refractivity contribution in [2.24, 2.45) is 5.10 Å². The van der Waals surface area contributed by atoms with E-state index in [1.165, 1.54) is 4.68 Å². The standard InChI is InChI=1S/C22H19BrN4O2/c1-3-21-25-20-11-6-15(23)13-19(20)22(28)27(21)24-14-17-5-4-12-26(17)16-7-9-18(29-2)10-8-16/h4-14H,3H2,1-2H3. The molecule has 6 nitrogen and oxygen atoms in total. The Labute approximate surface area is 176 Å². The summed E-state index contributed by atoms with van der Waals surface area (Å²) in [5.74, 6) is 1.41. The summed E-state index contributed by atoms with van der Waals surface area (Å²) in [6, 6.07) is 17.1. The van der Waals surface area contributed by atoms with Crippen molar-refractivity contribution in [2.75, 3.05) is 7.11 Å². The molecule has 7 heteroatoms. The van der Waals surface area contributed by atoms with Gasteiger partial charge in [0.05, 0.1) is 29.9 Å². The van der Waals surface area contributed by atoms with Crippen LogP contribution in [0.1, 0.15) is 18.4 Å². The molecule has 0 amide bonds. The molecule has 29 heavy (non-hydrogen) atoms. The lowest BCUT2D eigenvalue weighted by Gasteiger charge is -2.09. The Kier molecular flexibility index (Phi) is 5.31. The zero-order valence-electron chi connectivity index (χ0n) is 16.0. The van der Waals surface area contributed by atoms with Crippen molar-refractivity contribution in [1.29, 1.82) is 0 Å². The van der Waals surface area contributed by atoms with Crippen molar-refractivity contribution < 1.29 is 4.74 Å². The molecule has 4 rings (SSSR count). The van der Waals surface area contributed by atoms with Crippen molar-refractivity contribution in [2.45, 2.75) is 13.3 Å². The van der Waals surface area contributed by atoms with E-state index in [2.05, 4.69) is 26.0 Å². The number of methoxy groups -OCH3 is 1. The summed E-state index contributed by atoms with van der Waals surface area (Å²) in [4.78, 5) is 17.6. The highest BCUT2D eigenvalue weighted by Crippen LogP contribution is 2.18. The van der Waals surface area contributed by atoms with E-state index in [0.717, 1.165) is 21.6 Å². The predicted octanol–water partition coefficient (Wildman–Crippen LogP) is 4.40. The molecule has 2 aromatic heterocycles. The Morgan fingerprint density at radius 1 is 1.17 bits per heavy atom. The van der Waals surface area contributed by atoms with E-state index < -0.39 is 0 Å². The molecular formula is C22H19BrN4O2. The van der Waals surface area contributed by atoms with E-state index in [1.54, 1.807) is 19.4 Å². The van der Waals surface area contributed by atoms with Crippen molar-refractivity contribution >= 4 is 33.0 Å². The van der Waals surface area contributed by atoms with Crippen LogP contribution in [-0.2, 0) is 6.42 Å². The second-order valence-electron chi connectivity index (χ2n) is 6.41. The molecule has 0 fully saturated rings. The third kappa shape index (κ3) is 3.73. The maximum Gasteiger partial charge on any atom is 0.282 e. The number of aromatic nitrogens is 3. The Morgan fingerprint density at radius 3 is 2.69 bits per heavy atom. The summed E-state index contributed by atoms with van der Waals surface area (Å²) in [7, 11) is 1.64. The molecule has 0 aliphatic rings. The van der Waals surface area contributed by atoms with Gasteiger partial charge in [-0.25, -0.2) is 4.98 Å². The summed E-state index contributed by atoms with van der Waals surface area (Å²) >= 11 is 3.42. The number of hydrogen-bond acceptors (Lipinski definition) is 4. The van der Waals surface area contributed by atoms with E-state index in [1.807, 2.05) is 66.2 Å². The summed E-state index contributed by atoms with van der Waals surface area (Å²) in [6.45, 7) is 1.96. The van der Waals surface area contributed by atoms with Gasteiger partial charge in [-0.3, -0.25) is 4.79 Å². The maximum absolute atomic E-state index is 13.0. The molecular weight excluding hydrogens is 432 g/mol. The molecule has 146 valence electrons. The lowest BCUT2D eigenvalue weighted by molar-refractivity contribution is 0.415. The van der Waals surface area contributed by atoms with Crippen LogP contribution >= 0.6 is 15.9 Å². The van der Waals surface area contributed by atoms with Gasteiger partial charge >= 0.3 is 0 Å². The Bertz CT molecular complexity index is 1260. The average molecular weight is 451 g/mol. The van der Waals surface area contributed by atoms with Crippen molar-refractivity contribution in [3.05, 3.63) is 87.1 Å². The fourth-order valence-corrected chi connectivity index (χ4v) is 3.50. The van der Waals surface area contributed by atoms with Crippen LogP contribution in [0.2, 0.25) is 0 Å². The highest BCUT2D eigenvalue weighted by molar-refractivity contribution is 9.10. The molecule has 0 bridgehead atoms. The van der Waals surface area contributed by atoms with Gasteiger partial charge in [0.15, 0.2) is 0 Å². The molecule has 0 saturated carbocycles. The van der Waals surface area contributed by atoms with Crippen LogP contribution in [0.3, 0.4) is 0 Å². The summed E-state index contributed by atoms with van der Waals surface area (Å²) in [5.41, 5.74) is 2.30. The number of hydrogen-bond donors (Lipinski definition) is 0. The normalized spacial score (nSPS) is 11.4. The minimum absolute atomic E-state index is 0.188. The number of ether oxygens (including phenoxy) is 1. The lowest BCUT2D eigenvalue weighted by Crippen LogP contribution is -2.22. The topological polar surface area (TPSA) is 61.4 Å². The first-order chi connectivity index (χ1) is 14.1. The summed E-state index contributed by atoms with van der Waals surface area (Å²) < 4.78 is 9.42. The fraction of sp³-hybridized carbons (Fsp3) is 0.136. The summed E-state index contributed by atoms with van der Waals surface area (Å²) in [5, 5.41) is 5.00. The molecule has 0 atom stereocenters. The average Bonchev–Trinajstić information content (AvgIpc) is 3.22. The fourth-order valence-electron chi connectivity index (χ4n) is 3.14. The van der Waals surface area contributed by atoms with E-state index in [-0.39, 0.29) is 5.56 Å². The van der Waals surface area contributed by atoms with Gasteiger partial charge in [0.25, 0.3) is 5.56 Å². The quantitative estimate of drug-likeness (QED) is 0.423. The first kappa shape index (κ1) is 19.1. The minimum atomic E-state index is -0.188. The molecule has 2 aromatic carbocycles. The zero-order valence-corrected chi connectivity index (χ0v) is 17.6. The number of rotatable bonds is 5. The highest BCUT2D eigenvalue weighted by Gasteiger charge is 2.10. The van der Waals surface area contributed by atoms with E-state index in [0.29, 0.717) is 23.1 Å². The van der Waals surface area contributed by atoms with Crippen molar-refractivity contribution in [3.63, 3.8) is 0 Å².